The Hall–Kier alpha value is -3.56. The van der Waals surface area contributed by atoms with Gasteiger partial charge in [-0.3, -0.25) is 10.2 Å². The van der Waals surface area contributed by atoms with E-state index in [9.17, 15) is 27.6 Å². The summed E-state index contributed by atoms with van der Waals surface area (Å²) in [4.78, 5) is 12.4. The van der Waals surface area contributed by atoms with Crippen LogP contribution in [0.1, 0.15) is 37.1 Å². The zero-order valence-corrected chi connectivity index (χ0v) is 16.8. The van der Waals surface area contributed by atoms with Gasteiger partial charge < -0.3 is 13.9 Å². The first kappa shape index (κ1) is 23.1. The summed E-state index contributed by atoms with van der Waals surface area (Å²) in [5.74, 6) is -1.60. The first-order valence-corrected chi connectivity index (χ1v) is 9.54. The minimum atomic E-state index is -3.27. The Bertz CT molecular complexity index is 986. The van der Waals surface area contributed by atoms with Crippen LogP contribution in [0.3, 0.4) is 0 Å². The van der Waals surface area contributed by atoms with Crippen molar-refractivity contribution in [1.82, 2.24) is 15.6 Å². The summed E-state index contributed by atoms with van der Waals surface area (Å²) >= 11 is 0. The normalized spacial score (nSPS) is 20.6. The summed E-state index contributed by atoms with van der Waals surface area (Å²) in [5.41, 5.74) is 4.19. The maximum atomic E-state index is 12.7. The van der Waals surface area contributed by atoms with Gasteiger partial charge >= 0.3 is 19.2 Å². The topological polar surface area (TPSA) is 122 Å². The average molecular weight is 457 g/mol. The van der Waals surface area contributed by atoms with Crippen LogP contribution in [-0.4, -0.2) is 29.3 Å². The number of rotatable bonds is 8. The van der Waals surface area contributed by atoms with Gasteiger partial charge in [0.2, 0.25) is 11.8 Å². The molecule has 3 rings (SSSR count). The second-order valence-corrected chi connectivity index (χ2v) is 7.13. The summed E-state index contributed by atoms with van der Waals surface area (Å²) in [6, 6.07) is 5.73. The highest BCUT2D eigenvalue weighted by Crippen LogP contribution is 2.44. The third-order valence-electron chi connectivity index (χ3n) is 5.17. The molecule has 13 heteroatoms. The Labute approximate surface area is 179 Å². The number of halogens is 4. The highest BCUT2D eigenvalue weighted by Gasteiger charge is 2.40. The van der Waals surface area contributed by atoms with Crippen LogP contribution in [-0.2, 0) is 10.2 Å². The van der Waals surface area contributed by atoms with Gasteiger partial charge in [-0.25, -0.2) is 5.43 Å². The predicted octanol–water partition coefficient (Wildman–Crippen LogP) is 3.68. The van der Waals surface area contributed by atoms with Crippen LogP contribution in [0.5, 0.6) is 11.5 Å². The van der Waals surface area contributed by atoms with Crippen LogP contribution in [0, 0.1) is 24.2 Å². The van der Waals surface area contributed by atoms with Gasteiger partial charge in [-0.05, 0) is 43.4 Å². The Balaban J connectivity index is 1.69. The van der Waals surface area contributed by atoms with Crippen LogP contribution < -0.4 is 20.3 Å². The van der Waals surface area contributed by atoms with E-state index in [1.807, 2.05) is 0 Å². The second kappa shape index (κ2) is 9.71. The number of carbonyl (C=O) groups excluding carboxylic acids is 1. The van der Waals surface area contributed by atoms with Crippen molar-refractivity contribution in [3.05, 3.63) is 29.7 Å². The molecular formula is C19H19F4N5O4. The number of hydrazine groups is 1. The number of nitrogens with one attached hydrogen (secondary N) is 2. The molecule has 0 atom stereocenters. The van der Waals surface area contributed by atoms with Crippen molar-refractivity contribution in [2.24, 2.45) is 5.92 Å². The number of hydrogen-bond acceptors (Lipinski definition) is 8. The molecule has 172 valence electrons. The molecular weight excluding hydrogens is 438 g/mol. The minimum absolute atomic E-state index is 0.0238. The molecule has 1 aliphatic rings. The lowest BCUT2D eigenvalue weighted by molar-refractivity contribution is -0.125. The summed E-state index contributed by atoms with van der Waals surface area (Å²) in [5, 5.41) is 17.1. The lowest BCUT2D eigenvalue weighted by Gasteiger charge is -2.35. The molecule has 1 aromatic heterocycles. The van der Waals surface area contributed by atoms with Crippen molar-refractivity contribution in [2.75, 3.05) is 5.43 Å². The average Bonchev–Trinajstić information content (AvgIpc) is 3.17. The third kappa shape index (κ3) is 5.37. The van der Waals surface area contributed by atoms with Gasteiger partial charge in [-0.15, -0.1) is 5.10 Å². The van der Waals surface area contributed by atoms with E-state index in [-0.39, 0.29) is 24.8 Å². The van der Waals surface area contributed by atoms with Crippen molar-refractivity contribution in [3.8, 4) is 17.6 Å². The molecule has 1 heterocycles. The Kier molecular flexibility index (Phi) is 7.01. The molecule has 1 aliphatic carbocycles. The summed E-state index contributed by atoms with van der Waals surface area (Å²) in [6.07, 6.45) is 1.13. The third-order valence-corrected chi connectivity index (χ3v) is 5.17. The fourth-order valence-electron chi connectivity index (χ4n) is 3.59. The monoisotopic (exact) mass is 457 g/mol. The quantitative estimate of drug-likeness (QED) is 0.455. The van der Waals surface area contributed by atoms with E-state index in [1.165, 1.54) is 6.07 Å². The van der Waals surface area contributed by atoms with Crippen LogP contribution in [0.4, 0.5) is 23.6 Å². The van der Waals surface area contributed by atoms with Gasteiger partial charge in [-0.1, -0.05) is 11.2 Å². The molecule has 1 aromatic carbocycles. The van der Waals surface area contributed by atoms with Crippen LogP contribution >= 0.6 is 0 Å². The van der Waals surface area contributed by atoms with E-state index < -0.39 is 36.1 Å². The zero-order valence-electron chi connectivity index (χ0n) is 16.8. The molecule has 0 saturated heterocycles. The van der Waals surface area contributed by atoms with Gasteiger partial charge in [0.15, 0.2) is 11.5 Å². The molecule has 1 amide bonds. The van der Waals surface area contributed by atoms with E-state index >= 15 is 0 Å². The molecule has 9 nitrogen and oxygen atoms in total. The molecule has 0 spiro atoms. The van der Waals surface area contributed by atoms with Crippen LogP contribution in [0.15, 0.2) is 22.6 Å². The van der Waals surface area contributed by atoms with Crippen molar-refractivity contribution in [3.63, 3.8) is 0 Å². The molecule has 0 radical (unpaired) electrons. The molecule has 2 aromatic rings. The molecule has 2 N–H and O–H groups in total. The smallest absolute Gasteiger partial charge is 0.387 e. The maximum absolute atomic E-state index is 12.7. The van der Waals surface area contributed by atoms with E-state index in [0.29, 0.717) is 24.3 Å². The summed E-state index contributed by atoms with van der Waals surface area (Å²) in [7, 11) is 0. The fourth-order valence-corrected chi connectivity index (χ4v) is 3.59. The van der Waals surface area contributed by atoms with E-state index in [4.69, 9.17) is 4.42 Å². The van der Waals surface area contributed by atoms with Crippen molar-refractivity contribution < 1.29 is 36.2 Å². The highest BCUT2D eigenvalue weighted by atomic mass is 19.3. The molecule has 0 bridgehead atoms. The fraction of sp³-hybridized carbons (Fsp3) is 0.474. The number of nitrogens with zero attached hydrogens (tertiary/aromatic N) is 3. The van der Waals surface area contributed by atoms with Crippen LogP contribution in [0.2, 0.25) is 0 Å². The highest BCUT2D eigenvalue weighted by molar-refractivity contribution is 5.79. The van der Waals surface area contributed by atoms with Crippen molar-refractivity contribution in [1.29, 1.82) is 5.26 Å². The van der Waals surface area contributed by atoms with Gasteiger partial charge in [0.25, 0.3) is 0 Å². The summed E-state index contributed by atoms with van der Waals surface area (Å²) < 4.78 is 64.2. The molecule has 1 fully saturated rings. The second-order valence-electron chi connectivity index (χ2n) is 7.13. The Morgan fingerprint density at radius 1 is 1.19 bits per heavy atom. The maximum Gasteiger partial charge on any atom is 0.387 e. The lowest BCUT2D eigenvalue weighted by atomic mass is 9.67. The largest absolute Gasteiger partial charge is 0.431 e. The number of anilines is 1. The number of nitriles is 1. The number of carbonyl (C=O) groups is 1. The van der Waals surface area contributed by atoms with E-state index in [2.05, 4.69) is 36.6 Å². The standard InChI is InChI=1S/C19H19F4N5O4/c1-10-25-27-18(30-10)28-26-15(29)11-4-6-19(9-24,7-5-11)12-2-3-13(31-16(20)21)14(8-12)32-17(22)23/h2-3,8,11,16-17H,4-7H2,1H3,(H,26,29)(H,27,28). The van der Waals surface area contributed by atoms with Gasteiger partial charge in [-0.2, -0.15) is 22.8 Å². The molecule has 1 saturated carbocycles. The predicted molar refractivity (Wildman–Crippen MR) is 99.8 cm³/mol. The van der Waals surface area contributed by atoms with Crippen LogP contribution in [0.25, 0.3) is 0 Å². The lowest BCUT2D eigenvalue weighted by Crippen LogP contribution is -2.40. The number of aromatic nitrogens is 2. The molecule has 0 unspecified atom stereocenters. The van der Waals surface area contributed by atoms with Gasteiger partial charge in [0.05, 0.1) is 11.5 Å². The zero-order chi connectivity index (χ0) is 23.3. The minimum Gasteiger partial charge on any atom is -0.431 e. The van der Waals surface area contributed by atoms with Gasteiger partial charge in [0.1, 0.15) is 0 Å². The SMILES string of the molecule is Cc1nnc(NNC(=O)C2CCC(C#N)(c3ccc(OC(F)F)c(OC(F)F)c3)CC2)o1. The van der Waals surface area contributed by atoms with Crippen molar-refractivity contribution >= 4 is 11.9 Å². The number of aryl methyl sites for hydroxylation is 1. The number of alkyl halides is 4. The van der Waals surface area contributed by atoms with E-state index in [0.717, 1.165) is 12.1 Å². The van der Waals surface area contributed by atoms with Gasteiger partial charge in [0, 0.05) is 12.8 Å². The van der Waals surface area contributed by atoms with E-state index in [1.54, 1.807) is 6.92 Å². The number of amides is 1. The first-order chi connectivity index (χ1) is 15.2. The Morgan fingerprint density at radius 3 is 2.41 bits per heavy atom. The molecule has 32 heavy (non-hydrogen) atoms. The molecule has 0 aliphatic heterocycles. The number of ether oxygens (including phenoxy) is 2. The first-order valence-electron chi connectivity index (χ1n) is 9.54. The number of hydrogen-bond donors (Lipinski definition) is 2. The number of benzene rings is 1. The van der Waals surface area contributed by atoms with Crippen molar-refractivity contribution in [2.45, 2.75) is 51.2 Å². The summed E-state index contributed by atoms with van der Waals surface area (Å²) in [6.45, 7) is -4.91. The Morgan fingerprint density at radius 2 is 1.84 bits per heavy atom.